The second-order valence-electron chi connectivity index (χ2n) is 3.52. The molecule has 0 fully saturated rings. The molecule has 0 atom stereocenters. The largest absolute Gasteiger partial charge is 0.399 e. The van der Waals surface area contributed by atoms with Gasteiger partial charge in [-0.05, 0) is 52.7 Å². The third kappa shape index (κ3) is 3.03. The number of rotatable bonds is 3. The lowest BCUT2D eigenvalue weighted by Crippen LogP contribution is -1.87. The van der Waals surface area contributed by atoms with Crippen LogP contribution in [0, 0.1) is 6.92 Å². The quantitative estimate of drug-likeness (QED) is 0.657. The Morgan fingerprint density at radius 2 is 2.12 bits per heavy atom. The van der Waals surface area contributed by atoms with E-state index in [1.54, 1.807) is 11.3 Å². The summed E-state index contributed by atoms with van der Waals surface area (Å²) in [6.45, 7) is 2.12. The maximum atomic E-state index is 5.78. The summed E-state index contributed by atoms with van der Waals surface area (Å²) in [5.74, 6) is 1.00. The monoisotopic (exact) mass is 313 g/mol. The molecule has 0 aliphatic carbocycles. The van der Waals surface area contributed by atoms with Crippen molar-refractivity contribution in [2.75, 3.05) is 5.73 Å². The molecule has 4 heteroatoms. The van der Waals surface area contributed by atoms with Crippen LogP contribution >= 0.6 is 39.0 Å². The number of benzene rings is 1. The van der Waals surface area contributed by atoms with E-state index in [1.807, 2.05) is 23.9 Å². The molecule has 2 rings (SSSR count). The Hall–Kier alpha value is -0.450. The van der Waals surface area contributed by atoms with Crippen molar-refractivity contribution in [3.63, 3.8) is 0 Å². The average Bonchev–Trinajstić information content (AvgIpc) is 2.66. The Labute approximate surface area is 112 Å². The van der Waals surface area contributed by atoms with Crippen LogP contribution in [-0.4, -0.2) is 0 Å². The summed E-state index contributed by atoms with van der Waals surface area (Å²) in [6, 6.07) is 10.3. The minimum Gasteiger partial charge on any atom is -0.399 e. The average molecular weight is 314 g/mol. The van der Waals surface area contributed by atoms with Crippen LogP contribution < -0.4 is 5.73 Å². The highest BCUT2D eigenvalue weighted by molar-refractivity contribution is 9.11. The Kier molecular flexibility index (Phi) is 3.95. The Bertz CT molecular complexity index is 494. The second kappa shape index (κ2) is 5.25. The number of hydrogen-bond donors (Lipinski definition) is 1. The maximum absolute atomic E-state index is 5.78. The summed E-state index contributed by atoms with van der Waals surface area (Å²) in [4.78, 5) is 2.64. The highest BCUT2D eigenvalue weighted by atomic mass is 79.9. The Balaban J connectivity index is 2.07. The third-order valence-corrected chi connectivity index (χ3v) is 5.22. The second-order valence-corrected chi connectivity index (χ2v) is 7.08. The first-order valence-electron chi connectivity index (χ1n) is 4.88. The number of nitrogen functional groups attached to an aromatic ring is 1. The van der Waals surface area contributed by atoms with Crippen molar-refractivity contribution in [3.05, 3.63) is 44.6 Å². The van der Waals surface area contributed by atoms with Crippen molar-refractivity contribution in [1.82, 2.24) is 0 Å². The van der Waals surface area contributed by atoms with E-state index in [0.29, 0.717) is 0 Å². The summed E-state index contributed by atoms with van der Waals surface area (Å²) in [7, 11) is 0. The number of anilines is 1. The summed E-state index contributed by atoms with van der Waals surface area (Å²) in [6.07, 6.45) is 0. The van der Waals surface area contributed by atoms with E-state index in [2.05, 4.69) is 41.1 Å². The summed E-state index contributed by atoms with van der Waals surface area (Å²) < 4.78 is 1.19. The van der Waals surface area contributed by atoms with E-state index in [9.17, 15) is 0 Å². The molecule has 1 aromatic heterocycles. The molecule has 0 spiro atoms. The highest BCUT2D eigenvalue weighted by Gasteiger charge is 2.02. The van der Waals surface area contributed by atoms with Crippen molar-refractivity contribution in [2.24, 2.45) is 0 Å². The minimum absolute atomic E-state index is 0.834. The lowest BCUT2D eigenvalue weighted by atomic mass is 10.2. The van der Waals surface area contributed by atoms with Gasteiger partial charge in [-0.25, -0.2) is 0 Å². The smallest absolute Gasteiger partial charge is 0.0701 e. The molecular weight excluding hydrogens is 302 g/mol. The van der Waals surface area contributed by atoms with Crippen molar-refractivity contribution in [2.45, 2.75) is 17.6 Å². The topological polar surface area (TPSA) is 26.0 Å². The molecule has 2 aromatic rings. The van der Waals surface area contributed by atoms with Gasteiger partial charge in [0.15, 0.2) is 0 Å². The fourth-order valence-corrected chi connectivity index (χ4v) is 3.95. The lowest BCUT2D eigenvalue weighted by Gasteiger charge is -2.05. The lowest BCUT2D eigenvalue weighted by molar-refractivity contribution is 1.30. The van der Waals surface area contributed by atoms with Crippen molar-refractivity contribution in [3.8, 4) is 0 Å². The number of nitrogens with two attached hydrogens (primary N) is 1. The van der Waals surface area contributed by atoms with Gasteiger partial charge in [-0.15, -0.1) is 23.1 Å². The predicted molar refractivity (Wildman–Crippen MR) is 77.2 cm³/mol. The van der Waals surface area contributed by atoms with Gasteiger partial charge in [0.2, 0.25) is 0 Å². The fourth-order valence-electron chi connectivity index (χ4n) is 1.35. The highest BCUT2D eigenvalue weighted by Crippen LogP contribution is 2.31. The molecule has 0 aliphatic rings. The molecule has 1 aromatic carbocycles. The number of hydrogen-bond acceptors (Lipinski definition) is 3. The van der Waals surface area contributed by atoms with Crippen LogP contribution in [0.15, 0.2) is 39.0 Å². The molecule has 2 N–H and O–H groups in total. The molecular formula is C12H12BrNS2. The van der Waals surface area contributed by atoms with Crippen LogP contribution in [0.1, 0.15) is 10.4 Å². The molecule has 0 saturated heterocycles. The van der Waals surface area contributed by atoms with E-state index >= 15 is 0 Å². The van der Waals surface area contributed by atoms with Crippen LogP contribution in [-0.2, 0) is 5.75 Å². The van der Waals surface area contributed by atoms with Gasteiger partial charge in [-0.1, -0.05) is 6.07 Å². The molecule has 0 aliphatic heterocycles. The first-order chi connectivity index (χ1) is 7.65. The number of thioether (sulfide) groups is 1. The SMILES string of the molecule is Cc1ccc(N)cc1SCc1ccc(Br)s1. The van der Waals surface area contributed by atoms with Crippen molar-refractivity contribution < 1.29 is 0 Å². The van der Waals surface area contributed by atoms with Crippen molar-refractivity contribution >= 4 is 44.7 Å². The van der Waals surface area contributed by atoms with E-state index < -0.39 is 0 Å². The fraction of sp³-hybridized carbons (Fsp3) is 0.167. The van der Waals surface area contributed by atoms with E-state index in [4.69, 9.17) is 5.73 Å². The van der Waals surface area contributed by atoms with Gasteiger partial charge in [0.1, 0.15) is 0 Å². The zero-order chi connectivity index (χ0) is 11.5. The molecule has 0 amide bonds. The molecule has 1 nitrogen and oxygen atoms in total. The maximum Gasteiger partial charge on any atom is 0.0701 e. The summed E-state index contributed by atoms with van der Waals surface area (Å²) in [5.41, 5.74) is 7.90. The molecule has 1 heterocycles. The zero-order valence-corrected chi connectivity index (χ0v) is 12.1. The molecule has 0 saturated carbocycles. The van der Waals surface area contributed by atoms with Gasteiger partial charge in [-0.3, -0.25) is 0 Å². The third-order valence-electron chi connectivity index (χ3n) is 2.21. The van der Waals surface area contributed by atoms with Crippen LogP contribution in [0.5, 0.6) is 0 Å². The standard InChI is InChI=1S/C12H12BrNS2/c1-8-2-3-9(14)6-11(8)15-7-10-4-5-12(13)16-10/h2-6H,7,14H2,1H3. The van der Waals surface area contributed by atoms with Crippen LogP contribution in [0.4, 0.5) is 5.69 Å². The van der Waals surface area contributed by atoms with Gasteiger partial charge >= 0.3 is 0 Å². The first kappa shape index (κ1) is 12.0. The first-order valence-corrected chi connectivity index (χ1v) is 7.48. The molecule has 16 heavy (non-hydrogen) atoms. The summed E-state index contributed by atoms with van der Waals surface area (Å²) in [5, 5.41) is 0. The van der Waals surface area contributed by atoms with Crippen LogP contribution in [0.3, 0.4) is 0 Å². The minimum atomic E-state index is 0.834. The molecule has 84 valence electrons. The Morgan fingerprint density at radius 1 is 1.31 bits per heavy atom. The number of halogens is 1. The molecule has 0 radical (unpaired) electrons. The van der Waals surface area contributed by atoms with Gasteiger partial charge in [-0.2, -0.15) is 0 Å². The normalized spacial score (nSPS) is 10.6. The van der Waals surface area contributed by atoms with Crippen molar-refractivity contribution in [1.29, 1.82) is 0 Å². The van der Waals surface area contributed by atoms with Gasteiger partial charge in [0.25, 0.3) is 0 Å². The van der Waals surface area contributed by atoms with Gasteiger partial charge in [0, 0.05) is 21.2 Å². The van der Waals surface area contributed by atoms with E-state index in [1.165, 1.54) is 19.1 Å². The molecule has 0 bridgehead atoms. The van der Waals surface area contributed by atoms with Crippen LogP contribution in [0.2, 0.25) is 0 Å². The van der Waals surface area contributed by atoms with E-state index in [0.717, 1.165) is 11.4 Å². The van der Waals surface area contributed by atoms with E-state index in [-0.39, 0.29) is 0 Å². The predicted octanol–water partition coefficient (Wildman–Crippen LogP) is 4.69. The summed E-state index contributed by atoms with van der Waals surface area (Å²) >= 11 is 7.09. The number of thiophene rings is 1. The van der Waals surface area contributed by atoms with Gasteiger partial charge in [0.05, 0.1) is 3.79 Å². The Morgan fingerprint density at radius 3 is 2.81 bits per heavy atom. The molecule has 0 unspecified atom stereocenters. The number of aryl methyl sites for hydroxylation is 1. The van der Waals surface area contributed by atoms with Gasteiger partial charge < -0.3 is 5.73 Å². The van der Waals surface area contributed by atoms with Crippen LogP contribution in [0.25, 0.3) is 0 Å². The zero-order valence-electron chi connectivity index (χ0n) is 8.87.